The van der Waals surface area contributed by atoms with Gasteiger partial charge in [0.05, 0.1) is 12.6 Å². The van der Waals surface area contributed by atoms with Crippen LogP contribution >= 0.6 is 0 Å². The number of aromatic nitrogens is 2. The van der Waals surface area contributed by atoms with Crippen molar-refractivity contribution in [1.29, 1.82) is 0 Å². The second-order valence-electron chi connectivity index (χ2n) is 5.79. The maximum absolute atomic E-state index is 9.97. The number of aliphatic hydroxyl groups excluding tert-OH is 1. The predicted octanol–water partition coefficient (Wildman–Crippen LogP) is 1.66. The average molecular weight is 251 g/mol. The smallest absolute Gasteiger partial charge is 0.0860 e. The Balaban J connectivity index is 1.70. The van der Waals surface area contributed by atoms with Crippen LogP contribution in [0.2, 0.25) is 0 Å². The Labute approximate surface area is 109 Å². The molecule has 0 aliphatic heterocycles. The molecule has 0 bridgehead atoms. The third-order valence-electron chi connectivity index (χ3n) is 4.00. The quantitative estimate of drug-likeness (QED) is 0.837. The lowest BCUT2D eigenvalue weighted by Gasteiger charge is -2.33. The van der Waals surface area contributed by atoms with Gasteiger partial charge in [0, 0.05) is 25.0 Å². The van der Waals surface area contributed by atoms with Crippen molar-refractivity contribution in [3.8, 4) is 0 Å². The first-order chi connectivity index (χ1) is 8.65. The van der Waals surface area contributed by atoms with Gasteiger partial charge >= 0.3 is 0 Å². The fourth-order valence-electron chi connectivity index (χ4n) is 2.94. The van der Waals surface area contributed by atoms with Crippen molar-refractivity contribution in [2.75, 3.05) is 6.54 Å². The van der Waals surface area contributed by atoms with E-state index in [1.54, 1.807) is 10.9 Å². The van der Waals surface area contributed by atoms with Crippen molar-refractivity contribution in [3.63, 3.8) is 0 Å². The summed E-state index contributed by atoms with van der Waals surface area (Å²) in [7, 11) is 0. The normalized spacial score (nSPS) is 30.3. The van der Waals surface area contributed by atoms with Gasteiger partial charge in [0.1, 0.15) is 0 Å². The van der Waals surface area contributed by atoms with Crippen LogP contribution in [0.4, 0.5) is 0 Å². The zero-order chi connectivity index (χ0) is 13.0. The molecule has 1 aromatic rings. The first kappa shape index (κ1) is 13.6. The summed E-state index contributed by atoms with van der Waals surface area (Å²) in [6.45, 7) is 5.87. The lowest BCUT2D eigenvalue weighted by atomic mass is 9.80. The van der Waals surface area contributed by atoms with Gasteiger partial charge in [-0.25, -0.2) is 0 Å². The van der Waals surface area contributed by atoms with E-state index in [2.05, 4.69) is 24.3 Å². The Kier molecular flexibility index (Phi) is 4.78. The highest BCUT2D eigenvalue weighted by Gasteiger charge is 2.25. The maximum atomic E-state index is 9.97. The fraction of sp³-hybridized carbons (Fsp3) is 0.786. The second kappa shape index (κ2) is 6.34. The number of aliphatic hydroxyl groups is 1. The van der Waals surface area contributed by atoms with Crippen LogP contribution in [0.25, 0.3) is 0 Å². The summed E-state index contributed by atoms with van der Waals surface area (Å²) in [6, 6.07) is 2.44. The zero-order valence-corrected chi connectivity index (χ0v) is 11.4. The third-order valence-corrected chi connectivity index (χ3v) is 4.00. The van der Waals surface area contributed by atoms with Gasteiger partial charge in [-0.3, -0.25) is 4.68 Å². The van der Waals surface area contributed by atoms with E-state index in [-0.39, 0.29) is 6.10 Å². The largest absolute Gasteiger partial charge is 0.390 e. The summed E-state index contributed by atoms with van der Waals surface area (Å²) in [5.74, 6) is 1.57. The van der Waals surface area contributed by atoms with Gasteiger partial charge in [-0.05, 0) is 37.2 Å². The zero-order valence-electron chi connectivity index (χ0n) is 11.4. The van der Waals surface area contributed by atoms with E-state index in [0.29, 0.717) is 25.0 Å². The summed E-state index contributed by atoms with van der Waals surface area (Å²) in [5.41, 5.74) is 0. The second-order valence-corrected chi connectivity index (χ2v) is 5.79. The Hall–Kier alpha value is -0.870. The number of hydrogen-bond donors (Lipinski definition) is 2. The predicted molar refractivity (Wildman–Crippen MR) is 72.2 cm³/mol. The van der Waals surface area contributed by atoms with Crippen LogP contribution in [0.15, 0.2) is 18.5 Å². The minimum atomic E-state index is -0.364. The highest BCUT2D eigenvalue weighted by Crippen LogP contribution is 2.28. The van der Waals surface area contributed by atoms with Crippen LogP contribution in [-0.4, -0.2) is 33.6 Å². The number of nitrogens with one attached hydrogen (secondary N) is 1. The molecule has 0 amide bonds. The summed E-state index contributed by atoms with van der Waals surface area (Å²) in [4.78, 5) is 0. The average Bonchev–Trinajstić information content (AvgIpc) is 2.80. The minimum absolute atomic E-state index is 0.364. The minimum Gasteiger partial charge on any atom is -0.390 e. The molecule has 1 aliphatic rings. The third kappa shape index (κ3) is 3.82. The van der Waals surface area contributed by atoms with Crippen molar-refractivity contribution in [1.82, 2.24) is 15.1 Å². The monoisotopic (exact) mass is 251 g/mol. The Morgan fingerprint density at radius 1 is 1.44 bits per heavy atom. The van der Waals surface area contributed by atoms with Gasteiger partial charge in [0.2, 0.25) is 0 Å². The Bertz CT molecular complexity index is 339. The lowest BCUT2D eigenvalue weighted by molar-refractivity contribution is 0.130. The van der Waals surface area contributed by atoms with Crippen molar-refractivity contribution in [2.45, 2.75) is 51.8 Å². The molecule has 0 radical (unpaired) electrons. The topological polar surface area (TPSA) is 50.1 Å². The molecule has 4 nitrogen and oxygen atoms in total. The number of nitrogens with zero attached hydrogens (tertiary/aromatic N) is 2. The molecule has 0 saturated heterocycles. The highest BCUT2D eigenvalue weighted by atomic mass is 16.3. The molecule has 102 valence electrons. The molecular weight excluding hydrogens is 226 g/mol. The molecule has 1 saturated carbocycles. The van der Waals surface area contributed by atoms with E-state index in [1.165, 1.54) is 19.3 Å². The van der Waals surface area contributed by atoms with Crippen LogP contribution in [0, 0.1) is 11.8 Å². The van der Waals surface area contributed by atoms with E-state index in [9.17, 15) is 5.11 Å². The van der Waals surface area contributed by atoms with Gasteiger partial charge in [0.15, 0.2) is 0 Å². The summed E-state index contributed by atoms with van der Waals surface area (Å²) < 4.78 is 1.78. The Morgan fingerprint density at radius 3 is 2.94 bits per heavy atom. The molecule has 1 aromatic heterocycles. The van der Waals surface area contributed by atoms with Gasteiger partial charge in [-0.15, -0.1) is 0 Å². The molecule has 18 heavy (non-hydrogen) atoms. The first-order valence-electron chi connectivity index (χ1n) is 7.04. The SMILES string of the molecule is CC1CCC(NCC(O)Cn2cccn2)C(C)C1. The standard InChI is InChI=1S/C14H25N3O/c1-11-4-5-14(12(2)8-11)15-9-13(18)10-17-7-3-6-16-17/h3,6-7,11-15,18H,4-5,8-10H2,1-2H3. The van der Waals surface area contributed by atoms with Crippen molar-refractivity contribution < 1.29 is 5.11 Å². The molecule has 4 unspecified atom stereocenters. The van der Waals surface area contributed by atoms with Crippen LogP contribution < -0.4 is 5.32 Å². The summed E-state index contributed by atoms with van der Waals surface area (Å²) in [6.07, 6.45) is 7.09. The Morgan fingerprint density at radius 2 is 2.28 bits per heavy atom. The number of hydrogen-bond acceptors (Lipinski definition) is 3. The molecular formula is C14H25N3O. The van der Waals surface area contributed by atoms with E-state index < -0.39 is 0 Å². The molecule has 0 aromatic carbocycles. The lowest BCUT2D eigenvalue weighted by Crippen LogP contribution is -2.43. The van der Waals surface area contributed by atoms with E-state index >= 15 is 0 Å². The molecule has 1 fully saturated rings. The molecule has 0 spiro atoms. The van der Waals surface area contributed by atoms with Gasteiger partial charge < -0.3 is 10.4 Å². The molecule has 2 N–H and O–H groups in total. The van der Waals surface area contributed by atoms with Gasteiger partial charge in [-0.2, -0.15) is 5.10 Å². The van der Waals surface area contributed by atoms with E-state index in [0.717, 1.165) is 5.92 Å². The number of rotatable bonds is 5. The van der Waals surface area contributed by atoms with Crippen molar-refractivity contribution in [3.05, 3.63) is 18.5 Å². The molecule has 1 heterocycles. The van der Waals surface area contributed by atoms with E-state index in [1.807, 2.05) is 12.3 Å². The fourth-order valence-corrected chi connectivity index (χ4v) is 2.94. The molecule has 4 atom stereocenters. The van der Waals surface area contributed by atoms with Crippen LogP contribution in [0.1, 0.15) is 33.1 Å². The summed E-state index contributed by atoms with van der Waals surface area (Å²) in [5, 5.41) is 17.6. The van der Waals surface area contributed by atoms with Crippen LogP contribution in [0.3, 0.4) is 0 Å². The maximum Gasteiger partial charge on any atom is 0.0860 e. The van der Waals surface area contributed by atoms with Crippen molar-refractivity contribution >= 4 is 0 Å². The first-order valence-corrected chi connectivity index (χ1v) is 7.04. The highest BCUT2D eigenvalue weighted by molar-refractivity contribution is 4.82. The van der Waals surface area contributed by atoms with Gasteiger partial charge in [0.25, 0.3) is 0 Å². The van der Waals surface area contributed by atoms with Gasteiger partial charge in [-0.1, -0.05) is 13.8 Å². The summed E-state index contributed by atoms with van der Waals surface area (Å²) >= 11 is 0. The van der Waals surface area contributed by atoms with E-state index in [4.69, 9.17) is 0 Å². The molecule has 4 heteroatoms. The van der Waals surface area contributed by atoms with Crippen LogP contribution in [0.5, 0.6) is 0 Å². The van der Waals surface area contributed by atoms with Crippen molar-refractivity contribution in [2.24, 2.45) is 11.8 Å². The molecule has 1 aliphatic carbocycles. The molecule has 2 rings (SSSR count). The van der Waals surface area contributed by atoms with Crippen LogP contribution in [-0.2, 0) is 6.54 Å².